The summed E-state index contributed by atoms with van der Waals surface area (Å²) >= 11 is 0. The van der Waals surface area contributed by atoms with Crippen LogP contribution in [0.1, 0.15) is 71.6 Å². The highest BCUT2D eigenvalue weighted by Gasteiger charge is 2.25. The number of nitrogens with one attached hydrogen (secondary N) is 1. The molecule has 0 radical (unpaired) electrons. The van der Waals surface area contributed by atoms with E-state index in [0.29, 0.717) is 6.04 Å². The minimum atomic E-state index is 0.705. The second kappa shape index (κ2) is 7.49. The van der Waals surface area contributed by atoms with Gasteiger partial charge in [0.2, 0.25) is 0 Å². The van der Waals surface area contributed by atoms with Crippen molar-refractivity contribution in [1.82, 2.24) is 10.2 Å². The van der Waals surface area contributed by atoms with Gasteiger partial charge in [-0.05, 0) is 46.1 Å². The van der Waals surface area contributed by atoms with E-state index in [1.165, 1.54) is 70.9 Å². The first-order chi connectivity index (χ1) is 8.77. The minimum absolute atomic E-state index is 0.705. The standard InChI is InChI=1S/C16H32N2/c1-14(2)18(13-15-9-7-8-12-17-15)16-10-5-3-4-6-11-16/h14-17H,3-13H2,1-2H3. The lowest BCUT2D eigenvalue weighted by Gasteiger charge is -2.38. The Kier molecular flexibility index (Phi) is 5.97. The second-order valence-corrected chi connectivity index (χ2v) is 6.58. The third-order valence-electron chi connectivity index (χ3n) is 4.80. The van der Waals surface area contributed by atoms with Crippen molar-refractivity contribution in [3.05, 3.63) is 0 Å². The predicted molar refractivity (Wildman–Crippen MR) is 79.0 cm³/mol. The molecule has 2 rings (SSSR count). The van der Waals surface area contributed by atoms with Crippen LogP contribution in [0.2, 0.25) is 0 Å². The molecule has 1 unspecified atom stereocenters. The highest BCUT2D eigenvalue weighted by atomic mass is 15.2. The number of hydrogen-bond donors (Lipinski definition) is 1. The smallest absolute Gasteiger partial charge is 0.0195 e. The average molecular weight is 252 g/mol. The van der Waals surface area contributed by atoms with Gasteiger partial charge in [-0.3, -0.25) is 4.90 Å². The van der Waals surface area contributed by atoms with E-state index in [2.05, 4.69) is 24.1 Å². The molecule has 2 aliphatic rings. The van der Waals surface area contributed by atoms with Crippen LogP contribution in [-0.2, 0) is 0 Å². The Bertz CT molecular complexity index is 213. The fourth-order valence-electron chi connectivity index (χ4n) is 3.71. The molecule has 1 aliphatic heterocycles. The highest BCUT2D eigenvalue weighted by Crippen LogP contribution is 2.24. The van der Waals surface area contributed by atoms with Gasteiger partial charge in [0.1, 0.15) is 0 Å². The van der Waals surface area contributed by atoms with Gasteiger partial charge in [-0.2, -0.15) is 0 Å². The molecule has 1 aliphatic carbocycles. The molecule has 1 saturated carbocycles. The Labute approximate surface area is 114 Å². The maximum absolute atomic E-state index is 3.72. The largest absolute Gasteiger partial charge is 0.313 e. The van der Waals surface area contributed by atoms with Gasteiger partial charge in [0.15, 0.2) is 0 Å². The summed E-state index contributed by atoms with van der Waals surface area (Å²) in [6.45, 7) is 7.28. The van der Waals surface area contributed by atoms with Crippen LogP contribution in [0, 0.1) is 0 Å². The van der Waals surface area contributed by atoms with E-state index in [1.54, 1.807) is 0 Å². The van der Waals surface area contributed by atoms with Gasteiger partial charge in [0.25, 0.3) is 0 Å². The van der Waals surface area contributed by atoms with E-state index >= 15 is 0 Å². The van der Waals surface area contributed by atoms with Crippen molar-refractivity contribution >= 4 is 0 Å². The molecule has 1 heterocycles. The Morgan fingerprint density at radius 2 is 1.61 bits per heavy atom. The van der Waals surface area contributed by atoms with Gasteiger partial charge in [-0.25, -0.2) is 0 Å². The highest BCUT2D eigenvalue weighted by molar-refractivity contribution is 4.83. The van der Waals surface area contributed by atoms with Crippen molar-refractivity contribution in [3.63, 3.8) is 0 Å². The first kappa shape index (κ1) is 14.3. The van der Waals surface area contributed by atoms with Gasteiger partial charge in [0, 0.05) is 24.7 Å². The Balaban J connectivity index is 1.89. The number of rotatable bonds is 4. The summed E-state index contributed by atoms with van der Waals surface area (Å²) in [5.41, 5.74) is 0. The van der Waals surface area contributed by atoms with Crippen molar-refractivity contribution in [2.75, 3.05) is 13.1 Å². The van der Waals surface area contributed by atoms with Crippen LogP contribution in [0.4, 0.5) is 0 Å². The molecule has 0 bridgehead atoms. The fourth-order valence-corrected chi connectivity index (χ4v) is 3.71. The lowest BCUT2D eigenvalue weighted by molar-refractivity contribution is 0.117. The molecule has 0 aromatic carbocycles. The van der Waals surface area contributed by atoms with Crippen LogP contribution in [0.15, 0.2) is 0 Å². The summed E-state index contributed by atoms with van der Waals surface area (Å²) in [6.07, 6.45) is 12.9. The predicted octanol–water partition coefficient (Wildman–Crippen LogP) is 3.56. The molecular weight excluding hydrogens is 220 g/mol. The van der Waals surface area contributed by atoms with Gasteiger partial charge < -0.3 is 5.32 Å². The van der Waals surface area contributed by atoms with E-state index in [4.69, 9.17) is 0 Å². The van der Waals surface area contributed by atoms with Crippen molar-refractivity contribution in [2.24, 2.45) is 0 Å². The maximum Gasteiger partial charge on any atom is 0.0195 e. The third kappa shape index (κ3) is 4.24. The molecule has 2 fully saturated rings. The summed E-state index contributed by atoms with van der Waals surface area (Å²) in [4.78, 5) is 2.80. The normalized spacial score (nSPS) is 27.7. The molecule has 1 N–H and O–H groups in total. The molecule has 2 heteroatoms. The molecule has 18 heavy (non-hydrogen) atoms. The molecule has 0 aromatic rings. The van der Waals surface area contributed by atoms with Crippen LogP contribution >= 0.6 is 0 Å². The van der Waals surface area contributed by atoms with Crippen LogP contribution in [-0.4, -0.2) is 36.1 Å². The summed E-state index contributed by atoms with van der Waals surface area (Å²) < 4.78 is 0. The number of nitrogens with zero attached hydrogens (tertiary/aromatic N) is 1. The molecule has 1 atom stereocenters. The van der Waals surface area contributed by atoms with Crippen molar-refractivity contribution in [1.29, 1.82) is 0 Å². The van der Waals surface area contributed by atoms with Crippen LogP contribution in [0.25, 0.3) is 0 Å². The Morgan fingerprint density at radius 1 is 0.944 bits per heavy atom. The van der Waals surface area contributed by atoms with E-state index in [-0.39, 0.29) is 0 Å². The van der Waals surface area contributed by atoms with Crippen molar-refractivity contribution in [3.8, 4) is 0 Å². The first-order valence-corrected chi connectivity index (χ1v) is 8.26. The number of piperidine rings is 1. The van der Waals surface area contributed by atoms with Crippen LogP contribution < -0.4 is 5.32 Å². The molecule has 0 spiro atoms. The minimum Gasteiger partial charge on any atom is -0.313 e. The summed E-state index contributed by atoms with van der Waals surface area (Å²) in [6, 6.07) is 2.32. The van der Waals surface area contributed by atoms with E-state index in [1.807, 2.05) is 0 Å². The molecule has 0 aromatic heterocycles. The SMILES string of the molecule is CC(C)N(CC1CCCCN1)C1CCCCCC1. The van der Waals surface area contributed by atoms with Gasteiger partial charge in [-0.15, -0.1) is 0 Å². The van der Waals surface area contributed by atoms with Crippen molar-refractivity contribution < 1.29 is 0 Å². The second-order valence-electron chi connectivity index (χ2n) is 6.58. The van der Waals surface area contributed by atoms with Gasteiger partial charge in [-0.1, -0.05) is 32.1 Å². The van der Waals surface area contributed by atoms with E-state index in [0.717, 1.165) is 12.1 Å². The lowest BCUT2D eigenvalue weighted by Crippen LogP contribution is -2.49. The van der Waals surface area contributed by atoms with E-state index in [9.17, 15) is 0 Å². The topological polar surface area (TPSA) is 15.3 Å². The summed E-state index contributed by atoms with van der Waals surface area (Å²) in [5.74, 6) is 0. The van der Waals surface area contributed by atoms with E-state index < -0.39 is 0 Å². The quantitative estimate of drug-likeness (QED) is 0.770. The zero-order valence-corrected chi connectivity index (χ0v) is 12.5. The summed E-state index contributed by atoms with van der Waals surface area (Å²) in [5, 5.41) is 3.72. The monoisotopic (exact) mass is 252 g/mol. The lowest BCUT2D eigenvalue weighted by atomic mass is 10.0. The van der Waals surface area contributed by atoms with Crippen molar-refractivity contribution in [2.45, 2.75) is 89.8 Å². The molecule has 1 saturated heterocycles. The Morgan fingerprint density at radius 3 is 2.17 bits per heavy atom. The Hall–Kier alpha value is -0.0800. The molecule has 106 valence electrons. The van der Waals surface area contributed by atoms with Gasteiger partial charge >= 0.3 is 0 Å². The fraction of sp³-hybridized carbons (Fsp3) is 1.00. The summed E-state index contributed by atoms with van der Waals surface area (Å²) in [7, 11) is 0. The molecule has 0 amide bonds. The third-order valence-corrected chi connectivity index (χ3v) is 4.80. The van der Waals surface area contributed by atoms with Gasteiger partial charge in [0.05, 0.1) is 0 Å². The van der Waals surface area contributed by atoms with Crippen LogP contribution in [0.5, 0.6) is 0 Å². The molecule has 2 nitrogen and oxygen atoms in total. The zero-order chi connectivity index (χ0) is 12.8. The van der Waals surface area contributed by atoms with Crippen LogP contribution in [0.3, 0.4) is 0 Å². The maximum atomic E-state index is 3.72. The molecular formula is C16H32N2. The average Bonchev–Trinajstić information content (AvgIpc) is 2.65. The zero-order valence-electron chi connectivity index (χ0n) is 12.5. The first-order valence-electron chi connectivity index (χ1n) is 8.26. The number of hydrogen-bond acceptors (Lipinski definition) is 2.